The fourth-order valence-electron chi connectivity index (χ4n) is 2.80. The van der Waals surface area contributed by atoms with Crippen LogP contribution in [0.15, 0.2) is 82.6 Å². The van der Waals surface area contributed by atoms with E-state index >= 15 is 0 Å². The van der Waals surface area contributed by atoms with Crippen molar-refractivity contribution in [1.82, 2.24) is 0 Å². The molecule has 0 fully saturated rings. The van der Waals surface area contributed by atoms with Gasteiger partial charge in [-0.05, 0) is 35.0 Å². The zero-order valence-electron chi connectivity index (χ0n) is 12.6. The van der Waals surface area contributed by atoms with E-state index in [0.29, 0.717) is 0 Å². The number of hydrogen-bond acceptors (Lipinski definition) is 4. The lowest BCUT2D eigenvalue weighted by molar-refractivity contribution is 0.480. The second-order valence-electron chi connectivity index (χ2n) is 5.43. The molecule has 0 aromatic heterocycles. The van der Waals surface area contributed by atoms with Crippen LogP contribution in [0, 0.1) is 0 Å². The SMILES string of the molecule is Oc1cccc2cccc(SSc3cccc4cccc(O)c34)c12. The van der Waals surface area contributed by atoms with Gasteiger partial charge in [0.1, 0.15) is 11.5 Å². The van der Waals surface area contributed by atoms with Gasteiger partial charge in [-0.2, -0.15) is 0 Å². The molecular weight excluding hydrogens is 336 g/mol. The third-order valence-corrected chi connectivity index (χ3v) is 6.36. The summed E-state index contributed by atoms with van der Waals surface area (Å²) in [5.74, 6) is 0.578. The molecule has 0 radical (unpaired) electrons. The van der Waals surface area contributed by atoms with Crippen LogP contribution in [-0.2, 0) is 0 Å². The summed E-state index contributed by atoms with van der Waals surface area (Å²) in [6.07, 6.45) is 0. The molecule has 0 unspecified atom stereocenters. The lowest BCUT2D eigenvalue weighted by Gasteiger charge is -2.10. The molecule has 0 aliphatic carbocycles. The van der Waals surface area contributed by atoms with Gasteiger partial charge in [0, 0.05) is 20.6 Å². The van der Waals surface area contributed by atoms with Crippen molar-refractivity contribution in [2.45, 2.75) is 9.79 Å². The summed E-state index contributed by atoms with van der Waals surface area (Å²) < 4.78 is 0. The van der Waals surface area contributed by atoms with Gasteiger partial charge in [-0.1, -0.05) is 70.1 Å². The van der Waals surface area contributed by atoms with Gasteiger partial charge >= 0.3 is 0 Å². The molecule has 0 saturated heterocycles. The maximum Gasteiger partial charge on any atom is 0.124 e. The average molecular weight is 350 g/mol. The lowest BCUT2D eigenvalue weighted by Crippen LogP contribution is -1.79. The molecule has 4 heteroatoms. The Hall–Kier alpha value is -2.30. The molecule has 0 bridgehead atoms. The van der Waals surface area contributed by atoms with E-state index in [2.05, 4.69) is 0 Å². The molecule has 24 heavy (non-hydrogen) atoms. The summed E-state index contributed by atoms with van der Waals surface area (Å²) in [7, 11) is 3.17. The van der Waals surface area contributed by atoms with Crippen molar-refractivity contribution in [3.8, 4) is 11.5 Å². The highest BCUT2D eigenvalue weighted by Crippen LogP contribution is 2.46. The van der Waals surface area contributed by atoms with Crippen molar-refractivity contribution in [2.24, 2.45) is 0 Å². The van der Waals surface area contributed by atoms with Gasteiger partial charge in [0.15, 0.2) is 0 Å². The number of hydrogen-bond donors (Lipinski definition) is 2. The molecule has 2 nitrogen and oxygen atoms in total. The minimum absolute atomic E-state index is 0.289. The summed E-state index contributed by atoms with van der Waals surface area (Å²) in [5.41, 5.74) is 0. The number of rotatable bonds is 3. The van der Waals surface area contributed by atoms with Crippen LogP contribution in [0.5, 0.6) is 11.5 Å². The summed E-state index contributed by atoms with van der Waals surface area (Å²) in [4.78, 5) is 2.01. The van der Waals surface area contributed by atoms with Crippen LogP contribution in [-0.4, -0.2) is 10.2 Å². The molecular formula is C20H14O2S2. The molecule has 0 spiro atoms. The number of fused-ring (bicyclic) bond motifs is 2. The van der Waals surface area contributed by atoms with Gasteiger partial charge in [0.2, 0.25) is 0 Å². The zero-order chi connectivity index (χ0) is 16.5. The van der Waals surface area contributed by atoms with Crippen LogP contribution >= 0.6 is 21.6 Å². The van der Waals surface area contributed by atoms with E-state index in [9.17, 15) is 10.2 Å². The first-order valence-corrected chi connectivity index (χ1v) is 9.65. The van der Waals surface area contributed by atoms with Crippen LogP contribution in [0.1, 0.15) is 0 Å². The van der Waals surface area contributed by atoms with E-state index in [1.165, 1.54) is 0 Å². The first kappa shape index (κ1) is 15.2. The lowest BCUT2D eigenvalue weighted by atomic mass is 10.1. The van der Waals surface area contributed by atoms with Crippen molar-refractivity contribution < 1.29 is 10.2 Å². The number of benzene rings is 4. The Labute approximate surface area is 147 Å². The Morgan fingerprint density at radius 1 is 0.500 bits per heavy atom. The number of aromatic hydroxyl groups is 2. The van der Waals surface area contributed by atoms with E-state index in [1.807, 2.05) is 60.7 Å². The standard InChI is InChI=1S/C20H14O2S2/c21-15-9-1-5-13-7-3-11-17(19(13)15)23-24-18-12-4-8-14-6-2-10-16(22)20(14)18/h1-12,21-22H. The second-order valence-corrected chi connectivity index (χ2v) is 7.64. The molecule has 4 rings (SSSR count). The largest absolute Gasteiger partial charge is 0.507 e. The van der Waals surface area contributed by atoms with Crippen molar-refractivity contribution in [1.29, 1.82) is 0 Å². The monoisotopic (exact) mass is 350 g/mol. The second kappa shape index (κ2) is 6.30. The van der Waals surface area contributed by atoms with Gasteiger partial charge in [0.05, 0.1) is 0 Å². The van der Waals surface area contributed by atoms with Gasteiger partial charge in [-0.25, -0.2) is 0 Å². The van der Waals surface area contributed by atoms with Gasteiger partial charge < -0.3 is 10.2 Å². The highest BCUT2D eigenvalue weighted by molar-refractivity contribution is 8.76. The van der Waals surface area contributed by atoms with Crippen molar-refractivity contribution >= 4 is 43.1 Å². The fraction of sp³-hybridized carbons (Fsp3) is 0. The Bertz CT molecular complexity index is 948. The van der Waals surface area contributed by atoms with Crippen LogP contribution in [0.3, 0.4) is 0 Å². The quantitative estimate of drug-likeness (QED) is 0.431. The molecule has 2 N–H and O–H groups in total. The first-order valence-electron chi connectivity index (χ1n) is 7.50. The molecule has 0 aliphatic heterocycles. The third kappa shape index (κ3) is 2.68. The molecule has 0 atom stereocenters. The Morgan fingerprint density at radius 2 is 0.875 bits per heavy atom. The van der Waals surface area contributed by atoms with Crippen molar-refractivity contribution in [3.05, 3.63) is 72.8 Å². The van der Waals surface area contributed by atoms with Crippen LogP contribution < -0.4 is 0 Å². The van der Waals surface area contributed by atoms with Gasteiger partial charge in [-0.15, -0.1) is 0 Å². The highest BCUT2D eigenvalue weighted by Gasteiger charge is 2.10. The molecule has 0 heterocycles. The molecule has 4 aromatic carbocycles. The topological polar surface area (TPSA) is 40.5 Å². The van der Waals surface area contributed by atoms with E-state index in [0.717, 1.165) is 31.3 Å². The smallest absolute Gasteiger partial charge is 0.124 e. The van der Waals surface area contributed by atoms with Crippen molar-refractivity contribution in [2.75, 3.05) is 0 Å². The molecule has 0 amide bonds. The number of phenols is 2. The minimum atomic E-state index is 0.289. The van der Waals surface area contributed by atoms with Crippen molar-refractivity contribution in [3.63, 3.8) is 0 Å². The van der Waals surface area contributed by atoms with E-state index < -0.39 is 0 Å². The fourth-order valence-corrected chi connectivity index (χ4v) is 5.23. The Morgan fingerprint density at radius 3 is 1.29 bits per heavy atom. The summed E-state index contributed by atoms with van der Waals surface area (Å²) in [6.45, 7) is 0. The minimum Gasteiger partial charge on any atom is -0.507 e. The molecule has 0 aliphatic rings. The zero-order valence-corrected chi connectivity index (χ0v) is 14.3. The highest BCUT2D eigenvalue weighted by atomic mass is 33.1. The summed E-state index contributed by atoms with van der Waals surface area (Å²) >= 11 is 0. The van der Waals surface area contributed by atoms with Gasteiger partial charge in [0.25, 0.3) is 0 Å². The van der Waals surface area contributed by atoms with Crippen LogP contribution in [0.25, 0.3) is 21.5 Å². The third-order valence-electron chi connectivity index (χ3n) is 3.91. The number of phenolic OH excluding ortho intramolecular Hbond substituents is 2. The van der Waals surface area contributed by atoms with E-state index in [1.54, 1.807) is 33.7 Å². The predicted molar refractivity (Wildman–Crippen MR) is 103 cm³/mol. The Kier molecular flexibility index (Phi) is 4.00. The maximum absolute atomic E-state index is 10.2. The normalized spacial score (nSPS) is 11.2. The molecule has 0 saturated carbocycles. The summed E-state index contributed by atoms with van der Waals surface area (Å²) in [5, 5.41) is 24.2. The van der Waals surface area contributed by atoms with Crippen LogP contribution in [0.4, 0.5) is 0 Å². The van der Waals surface area contributed by atoms with E-state index in [-0.39, 0.29) is 11.5 Å². The Balaban J connectivity index is 1.74. The molecule has 4 aromatic rings. The maximum atomic E-state index is 10.2. The predicted octanol–water partition coefficient (Wildman–Crippen LogP) is 6.20. The van der Waals surface area contributed by atoms with Gasteiger partial charge in [-0.3, -0.25) is 0 Å². The van der Waals surface area contributed by atoms with E-state index in [4.69, 9.17) is 0 Å². The van der Waals surface area contributed by atoms with Crippen LogP contribution in [0.2, 0.25) is 0 Å². The molecule has 118 valence electrons. The average Bonchev–Trinajstić information content (AvgIpc) is 2.60. The summed E-state index contributed by atoms with van der Waals surface area (Å²) in [6, 6.07) is 23.1. The first-order chi connectivity index (χ1) is 11.7.